The van der Waals surface area contributed by atoms with Crippen molar-refractivity contribution in [2.75, 3.05) is 13.1 Å². The van der Waals surface area contributed by atoms with Crippen LogP contribution >= 0.6 is 0 Å². The van der Waals surface area contributed by atoms with Crippen molar-refractivity contribution >= 4 is 22.3 Å². The summed E-state index contributed by atoms with van der Waals surface area (Å²) in [5.41, 5.74) is 8.75. The molecule has 6 heterocycles. The second-order valence-electron chi connectivity index (χ2n) is 7.85. The van der Waals surface area contributed by atoms with Crippen molar-refractivity contribution in [3.8, 4) is 11.3 Å². The molecule has 0 aromatic carbocycles. The van der Waals surface area contributed by atoms with Gasteiger partial charge in [-0.1, -0.05) is 12.1 Å². The van der Waals surface area contributed by atoms with E-state index in [2.05, 4.69) is 45.4 Å². The maximum Gasteiger partial charge on any atom is 0.159 e. The van der Waals surface area contributed by atoms with Gasteiger partial charge in [0.05, 0.1) is 28.6 Å². The van der Waals surface area contributed by atoms with Crippen molar-refractivity contribution < 1.29 is 0 Å². The van der Waals surface area contributed by atoms with E-state index in [0.29, 0.717) is 0 Å². The second-order valence-corrected chi connectivity index (χ2v) is 7.85. The molecule has 1 atom stereocenters. The summed E-state index contributed by atoms with van der Waals surface area (Å²) in [6.07, 6.45) is 8.54. The number of nitrogens with zero attached hydrogens (tertiary/aromatic N) is 5. The number of rotatable bonds is 3. The third-order valence-electron chi connectivity index (χ3n) is 5.90. The van der Waals surface area contributed by atoms with Crippen molar-refractivity contribution in [1.29, 1.82) is 0 Å². The summed E-state index contributed by atoms with van der Waals surface area (Å²) in [4.78, 5) is 27.0. The summed E-state index contributed by atoms with van der Waals surface area (Å²) in [5.74, 6) is 0.729. The predicted molar refractivity (Wildman–Crippen MR) is 121 cm³/mol. The zero-order chi connectivity index (χ0) is 20.8. The van der Waals surface area contributed by atoms with Crippen molar-refractivity contribution in [1.82, 2.24) is 30.2 Å². The van der Waals surface area contributed by atoms with Gasteiger partial charge in [0, 0.05) is 36.3 Å². The minimum Gasteiger partial charge on any atom is -0.336 e. The lowest BCUT2D eigenvalue weighted by molar-refractivity contribution is 0.736. The average molecular weight is 407 g/mol. The molecule has 4 aromatic rings. The summed E-state index contributed by atoms with van der Waals surface area (Å²) in [7, 11) is 0. The molecule has 2 aliphatic rings. The van der Waals surface area contributed by atoms with Crippen molar-refractivity contribution in [3.63, 3.8) is 0 Å². The Bertz CT molecular complexity index is 1350. The predicted octanol–water partition coefficient (Wildman–Crippen LogP) is 3.70. The SMILES string of the molecule is C[C@@H]1N=C(c2nc3c(-c4ccncc4)nccc3[nH]2)c2nc(C3=CCNCC3)ccc21. The van der Waals surface area contributed by atoms with Crippen LogP contribution in [0.5, 0.6) is 0 Å². The summed E-state index contributed by atoms with van der Waals surface area (Å²) in [6.45, 7) is 3.97. The fourth-order valence-corrected chi connectivity index (χ4v) is 4.30. The fraction of sp³-hybridized carbons (Fsp3) is 0.208. The number of pyridine rings is 3. The quantitative estimate of drug-likeness (QED) is 0.540. The summed E-state index contributed by atoms with van der Waals surface area (Å²) in [6, 6.07) is 10.2. The van der Waals surface area contributed by atoms with Gasteiger partial charge in [0.2, 0.25) is 0 Å². The minimum atomic E-state index is 0.0551. The van der Waals surface area contributed by atoms with Gasteiger partial charge in [-0.05, 0) is 49.7 Å². The van der Waals surface area contributed by atoms with Crippen LogP contribution in [0.15, 0.2) is 60.0 Å². The Hall–Kier alpha value is -3.71. The molecular weight excluding hydrogens is 386 g/mol. The fourth-order valence-electron chi connectivity index (χ4n) is 4.30. The summed E-state index contributed by atoms with van der Waals surface area (Å²) >= 11 is 0. The van der Waals surface area contributed by atoms with Crippen LogP contribution in [0.2, 0.25) is 0 Å². The zero-order valence-corrected chi connectivity index (χ0v) is 17.1. The second kappa shape index (κ2) is 7.21. The van der Waals surface area contributed by atoms with Crippen molar-refractivity contribution in [2.24, 2.45) is 4.99 Å². The molecule has 4 aromatic heterocycles. The Morgan fingerprint density at radius 1 is 0.968 bits per heavy atom. The number of aromatic amines is 1. The Kier molecular flexibility index (Phi) is 4.21. The molecule has 0 amide bonds. The number of nitrogens with one attached hydrogen (secondary N) is 2. The highest BCUT2D eigenvalue weighted by Gasteiger charge is 2.28. The van der Waals surface area contributed by atoms with Gasteiger partial charge in [-0.25, -0.2) is 9.97 Å². The van der Waals surface area contributed by atoms with Crippen molar-refractivity contribution in [2.45, 2.75) is 19.4 Å². The van der Waals surface area contributed by atoms with E-state index in [-0.39, 0.29) is 6.04 Å². The van der Waals surface area contributed by atoms with Crippen LogP contribution in [-0.2, 0) is 0 Å². The van der Waals surface area contributed by atoms with E-state index in [1.807, 2.05) is 18.2 Å². The van der Waals surface area contributed by atoms with Crippen LogP contribution in [0.4, 0.5) is 0 Å². The van der Waals surface area contributed by atoms with Crippen LogP contribution < -0.4 is 5.32 Å². The first kappa shape index (κ1) is 18.1. The molecule has 0 unspecified atom stereocenters. The molecular formula is C24H21N7. The standard InChI is InChI=1S/C24H21N7/c1-14-17-2-3-18(15-4-9-25-10-5-15)29-21(17)23(28-14)24-30-19-8-13-27-20(22(19)31-24)16-6-11-26-12-7-16/h2-4,6-8,11-14,25H,5,9-10H2,1H3,(H,30,31)/t14-/m0/s1. The van der Waals surface area contributed by atoms with E-state index in [0.717, 1.165) is 70.3 Å². The average Bonchev–Trinajstić information content (AvgIpc) is 3.41. The lowest BCUT2D eigenvalue weighted by atomic mass is 10.0. The Morgan fingerprint density at radius 2 is 1.87 bits per heavy atom. The molecule has 152 valence electrons. The van der Waals surface area contributed by atoms with Crippen LogP contribution in [0.25, 0.3) is 27.9 Å². The molecule has 0 saturated carbocycles. The molecule has 0 saturated heterocycles. The lowest BCUT2D eigenvalue weighted by Crippen LogP contribution is -2.20. The van der Waals surface area contributed by atoms with Crippen LogP contribution in [0.3, 0.4) is 0 Å². The van der Waals surface area contributed by atoms with Gasteiger partial charge in [-0.3, -0.25) is 15.0 Å². The van der Waals surface area contributed by atoms with Gasteiger partial charge >= 0.3 is 0 Å². The number of hydrogen-bond acceptors (Lipinski definition) is 6. The van der Waals surface area contributed by atoms with Gasteiger partial charge in [-0.2, -0.15) is 0 Å². The van der Waals surface area contributed by atoms with E-state index in [4.69, 9.17) is 15.0 Å². The molecule has 31 heavy (non-hydrogen) atoms. The Labute approximate surface area is 179 Å². The highest BCUT2D eigenvalue weighted by Crippen LogP contribution is 2.33. The number of H-pyrrole nitrogens is 1. The third-order valence-corrected chi connectivity index (χ3v) is 5.90. The molecule has 0 spiro atoms. The van der Waals surface area contributed by atoms with Crippen LogP contribution in [-0.4, -0.2) is 43.7 Å². The molecule has 7 nitrogen and oxygen atoms in total. The molecule has 2 aliphatic heterocycles. The van der Waals surface area contributed by atoms with E-state index in [1.165, 1.54) is 5.57 Å². The molecule has 0 bridgehead atoms. The molecule has 0 aliphatic carbocycles. The zero-order valence-electron chi connectivity index (χ0n) is 17.1. The van der Waals surface area contributed by atoms with Crippen LogP contribution in [0.1, 0.15) is 42.2 Å². The van der Waals surface area contributed by atoms with Crippen molar-refractivity contribution in [3.05, 3.63) is 77.8 Å². The number of hydrogen-bond donors (Lipinski definition) is 2. The van der Waals surface area contributed by atoms with E-state index in [1.54, 1.807) is 18.6 Å². The Morgan fingerprint density at radius 3 is 2.71 bits per heavy atom. The van der Waals surface area contributed by atoms with Gasteiger partial charge in [-0.15, -0.1) is 0 Å². The molecule has 7 heteroatoms. The van der Waals surface area contributed by atoms with Gasteiger partial charge < -0.3 is 10.3 Å². The number of fused-ring (bicyclic) bond motifs is 2. The first-order chi connectivity index (χ1) is 15.3. The molecule has 0 radical (unpaired) electrons. The smallest absolute Gasteiger partial charge is 0.159 e. The van der Waals surface area contributed by atoms with Gasteiger partial charge in [0.25, 0.3) is 0 Å². The first-order valence-corrected chi connectivity index (χ1v) is 10.5. The van der Waals surface area contributed by atoms with E-state index < -0.39 is 0 Å². The normalized spacial score (nSPS) is 18.0. The minimum absolute atomic E-state index is 0.0551. The van der Waals surface area contributed by atoms with E-state index in [9.17, 15) is 0 Å². The highest BCUT2D eigenvalue weighted by molar-refractivity contribution is 6.13. The number of aliphatic imine (C=N–C) groups is 1. The molecule has 6 rings (SSSR count). The lowest BCUT2D eigenvalue weighted by Gasteiger charge is -2.14. The van der Waals surface area contributed by atoms with Gasteiger partial charge in [0.15, 0.2) is 5.82 Å². The number of aromatic nitrogens is 5. The highest BCUT2D eigenvalue weighted by atomic mass is 15.0. The largest absolute Gasteiger partial charge is 0.336 e. The number of imidazole rings is 1. The topological polar surface area (TPSA) is 91.7 Å². The summed E-state index contributed by atoms with van der Waals surface area (Å²) < 4.78 is 0. The summed E-state index contributed by atoms with van der Waals surface area (Å²) in [5, 5.41) is 3.36. The molecule has 2 N–H and O–H groups in total. The maximum atomic E-state index is 5.03. The maximum absolute atomic E-state index is 5.03. The first-order valence-electron chi connectivity index (χ1n) is 10.5. The van der Waals surface area contributed by atoms with Crippen LogP contribution in [0, 0.1) is 0 Å². The Balaban J connectivity index is 1.46. The molecule has 0 fully saturated rings. The monoisotopic (exact) mass is 407 g/mol. The van der Waals surface area contributed by atoms with Gasteiger partial charge in [0.1, 0.15) is 11.2 Å². The third kappa shape index (κ3) is 3.05. The van der Waals surface area contributed by atoms with E-state index >= 15 is 0 Å².